The molecule has 1 aromatic carbocycles. The maximum absolute atomic E-state index is 5.98. The van der Waals surface area contributed by atoms with E-state index in [0.717, 1.165) is 62.9 Å². The Morgan fingerprint density at radius 1 is 0.875 bits per heavy atom. The molecule has 2 aliphatic heterocycles. The molecule has 0 atom stereocenters. The molecule has 9 nitrogen and oxygen atoms in total. The molecule has 168 valence electrons. The molecular weight excluding hydrogens is 410 g/mol. The monoisotopic (exact) mass is 437 g/mol. The van der Waals surface area contributed by atoms with Crippen molar-refractivity contribution < 1.29 is 18.9 Å². The van der Waals surface area contributed by atoms with Crippen molar-refractivity contribution in [3.05, 3.63) is 42.6 Å². The van der Waals surface area contributed by atoms with Crippen molar-refractivity contribution in [2.45, 2.75) is 0 Å². The number of aromatic nitrogens is 3. The van der Waals surface area contributed by atoms with Crippen LogP contribution in [0.15, 0.2) is 42.6 Å². The van der Waals surface area contributed by atoms with Crippen LogP contribution in [0.25, 0.3) is 11.0 Å². The van der Waals surface area contributed by atoms with Gasteiger partial charge in [-0.2, -0.15) is 9.97 Å². The lowest BCUT2D eigenvalue weighted by Crippen LogP contribution is -2.39. The zero-order valence-electron chi connectivity index (χ0n) is 18.0. The van der Waals surface area contributed by atoms with Crippen LogP contribution in [0.5, 0.6) is 17.5 Å². The van der Waals surface area contributed by atoms with E-state index in [9.17, 15) is 0 Å². The molecule has 32 heavy (non-hydrogen) atoms. The Balaban J connectivity index is 1.39. The molecule has 2 aliphatic rings. The van der Waals surface area contributed by atoms with Crippen LogP contribution in [0.4, 0.5) is 5.82 Å². The van der Waals surface area contributed by atoms with Gasteiger partial charge >= 0.3 is 6.01 Å². The molecule has 0 saturated carbocycles. The lowest BCUT2D eigenvalue weighted by Gasteiger charge is -2.29. The quantitative estimate of drug-likeness (QED) is 0.553. The first-order chi connectivity index (χ1) is 15.8. The van der Waals surface area contributed by atoms with E-state index in [0.29, 0.717) is 37.2 Å². The molecular formula is C23H27N5O4. The minimum absolute atomic E-state index is 0.344. The van der Waals surface area contributed by atoms with Crippen molar-refractivity contribution in [2.24, 2.45) is 0 Å². The lowest BCUT2D eigenvalue weighted by atomic mass is 10.2. The molecule has 0 bridgehead atoms. The minimum Gasteiger partial charge on any atom is -0.462 e. The number of pyridine rings is 1. The summed E-state index contributed by atoms with van der Waals surface area (Å²) >= 11 is 0. The van der Waals surface area contributed by atoms with Crippen LogP contribution in [0.2, 0.25) is 0 Å². The Bertz CT molecular complexity index is 1020. The molecule has 3 aromatic rings. The largest absolute Gasteiger partial charge is 0.462 e. The van der Waals surface area contributed by atoms with Gasteiger partial charge in [-0.3, -0.25) is 4.90 Å². The summed E-state index contributed by atoms with van der Waals surface area (Å²) < 4.78 is 22.9. The van der Waals surface area contributed by atoms with Crippen LogP contribution in [0.3, 0.4) is 0 Å². The van der Waals surface area contributed by atoms with E-state index < -0.39 is 0 Å². The minimum atomic E-state index is 0.344. The normalized spacial score (nSPS) is 17.4. The zero-order chi connectivity index (χ0) is 21.6. The highest BCUT2D eigenvalue weighted by Gasteiger charge is 2.20. The fourth-order valence-electron chi connectivity index (χ4n) is 3.81. The van der Waals surface area contributed by atoms with Gasteiger partial charge in [-0.25, -0.2) is 4.98 Å². The number of para-hydroxylation sites is 1. The van der Waals surface area contributed by atoms with E-state index in [2.05, 4.69) is 19.8 Å². The predicted octanol–water partition coefficient (Wildman–Crippen LogP) is 2.36. The van der Waals surface area contributed by atoms with Crippen LogP contribution < -0.4 is 14.4 Å². The number of fused-ring (bicyclic) bond motifs is 1. The Labute approximate surface area is 186 Å². The smallest absolute Gasteiger partial charge is 0.320 e. The second kappa shape index (κ2) is 10.1. The number of hydrogen-bond donors (Lipinski definition) is 0. The number of ether oxygens (including phenoxy) is 4. The van der Waals surface area contributed by atoms with E-state index in [1.807, 2.05) is 36.4 Å². The van der Waals surface area contributed by atoms with Gasteiger partial charge in [-0.1, -0.05) is 18.2 Å². The Morgan fingerprint density at radius 3 is 2.41 bits per heavy atom. The second-order valence-corrected chi connectivity index (χ2v) is 7.69. The van der Waals surface area contributed by atoms with Gasteiger partial charge in [-0.05, 0) is 18.2 Å². The summed E-state index contributed by atoms with van der Waals surface area (Å²) in [5, 5.41) is 0.834. The highest BCUT2D eigenvalue weighted by molar-refractivity contribution is 5.88. The van der Waals surface area contributed by atoms with Crippen LogP contribution in [0, 0.1) is 0 Å². The third-order valence-corrected chi connectivity index (χ3v) is 5.52. The molecule has 0 aliphatic carbocycles. The summed E-state index contributed by atoms with van der Waals surface area (Å²) in [6, 6.07) is 11.9. The first-order valence-electron chi connectivity index (χ1n) is 11.0. The van der Waals surface area contributed by atoms with Crippen molar-refractivity contribution in [2.75, 3.05) is 70.7 Å². The van der Waals surface area contributed by atoms with Crippen molar-refractivity contribution in [3.63, 3.8) is 0 Å². The van der Waals surface area contributed by atoms with Gasteiger partial charge in [0.25, 0.3) is 0 Å². The summed E-state index contributed by atoms with van der Waals surface area (Å²) in [5.74, 6) is 2.19. The number of hydrogen-bond acceptors (Lipinski definition) is 9. The second-order valence-electron chi connectivity index (χ2n) is 7.69. The lowest BCUT2D eigenvalue weighted by molar-refractivity contribution is 0.0317. The molecule has 0 radical (unpaired) electrons. The van der Waals surface area contributed by atoms with Crippen LogP contribution in [-0.4, -0.2) is 85.6 Å². The van der Waals surface area contributed by atoms with E-state index in [1.54, 1.807) is 6.20 Å². The Kier molecular flexibility index (Phi) is 6.57. The van der Waals surface area contributed by atoms with Crippen molar-refractivity contribution in [3.8, 4) is 17.5 Å². The number of nitrogens with zero attached hydrogens (tertiary/aromatic N) is 5. The van der Waals surface area contributed by atoms with Gasteiger partial charge in [-0.15, -0.1) is 0 Å². The van der Waals surface area contributed by atoms with Crippen molar-refractivity contribution >= 4 is 16.9 Å². The maximum Gasteiger partial charge on any atom is 0.320 e. The first-order valence-corrected chi connectivity index (χ1v) is 11.0. The highest BCUT2D eigenvalue weighted by atomic mass is 16.5. The molecule has 9 heteroatoms. The molecule has 2 aromatic heterocycles. The number of rotatable bonds is 7. The van der Waals surface area contributed by atoms with Crippen LogP contribution >= 0.6 is 0 Å². The average molecular weight is 438 g/mol. The molecule has 5 rings (SSSR count). The number of morpholine rings is 2. The summed E-state index contributed by atoms with van der Waals surface area (Å²) in [4.78, 5) is 18.4. The molecule has 4 heterocycles. The fraction of sp³-hybridized carbons (Fsp3) is 0.435. The summed E-state index contributed by atoms with van der Waals surface area (Å²) in [6.07, 6.45) is 1.68. The average Bonchev–Trinajstić information content (AvgIpc) is 2.85. The van der Waals surface area contributed by atoms with E-state index >= 15 is 0 Å². The van der Waals surface area contributed by atoms with Gasteiger partial charge in [0.2, 0.25) is 0 Å². The molecule has 0 amide bonds. The standard InChI is InChI=1S/C23H27N5O4/c1-2-4-18(5-3-1)32-19-16-20-21(24-17-19)25-23(26-22(20)28-9-13-30-14-10-28)31-15-8-27-6-11-29-12-7-27/h1-5,16-17H,6-15H2. The first kappa shape index (κ1) is 20.9. The Morgan fingerprint density at radius 2 is 1.62 bits per heavy atom. The Hall–Kier alpha value is -3.01. The van der Waals surface area contributed by atoms with Crippen LogP contribution in [-0.2, 0) is 9.47 Å². The van der Waals surface area contributed by atoms with Crippen molar-refractivity contribution in [1.82, 2.24) is 19.9 Å². The van der Waals surface area contributed by atoms with Gasteiger partial charge in [0.05, 0.1) is 38.0 Å². The fourth-order valence-corrected chi connectivity index (χ4v) is 3.81. The zero-order valence-corrected chi connectivity index (χ0v) is 18.0. The van der Waals surface area contributed by atoms with Crippen molar-refractivity contribution in [1.29, 1.82) is 0 Å². The molecule has 2 fully saturated rings. The third-order valence-electron chi connectivity index (χ3n) is 5.52. The van der Waals surface area contributed by atoms with Gasteiger partial charge in [0.15, 0.2) is 5.65 Å². The summed E-state index contributed by atoms with van der Waals surface area (Å²) in [7, 11) is 0. The molecule has 0 N–H and O–H groups in total. The summed E-state index contributed by atoms with van der Waals surface area (Å²) in [6.45, 7) is 7.54. The molecule has 2 saturated heterocycles. The van der Waals surface area contributed by atoms with Gasteiger partial charge in [0, 0.05) is 32.7 Å². The third kappa shape index (κ3) is 5.07. The summed E-state index contributed by atoms with van der Waals surface area (Å²) in [5.41, 5.74) is 0.586. The van der Waals surface area contributed by atoms with Crippen LogP contribution in [0.1, 0.15) is 0 Å². The van der Waals surface area contributed by atoms with Gasteiger partial charge < -0.3 is 23.8 Å². The maximum atomic E-state index is 5.98. The molecule has 0 unspecified atom stereocenters. The van der Waals surface area contributed by atoms with E-state index in [1.165, 1.54) is 0 Å². The predicted molar refractivity (Wildman–Crippen MR) is 120 cm³/mol. The topological polar surface area (TPSA) is 82.1 Å². The highest BCUT2D eigenvalue weighted by Crippen LogP contribution is 2.30. The number of anilines is 1. The van der Waals surface area contributed by atoms with E-state index in [4.69, 9.17) is 23.9 Å². The molecule has 0 spiro atoms. The van der Waals surface area contributed by atoms with Gasteiger partial charge in [0.1, 0.15) is 23.9 Å². The number of benzene rings is 1. The van der Waals surface area contributed by atoms with E-state index in [-0.39, 0.29) is 0 Å². The SMILES string of the molecule is c1ccc(Oc2cnc3nc(OCCN4CCOCC4)nc(N4CCOCC4)c3c2)cc1.